The molecule has 0 radical (unpaired) electrons. The summed E-state index contributed by atoms with van der Waals surface area (Å²) in [5.41, 5.74) is -0.416. The highest BCUT2D eigenvalue weighted by Gasteiger charge is 2.28. The highest BCUT2D eigenvalue weighted by atomic mass is 35.5. The van der Waals surface area contributed by atoms with Gasteiger partial charge in [-0.05, 0) is 24.8 Å². The number of nitro benzene ring substituents is 1. The van der Waals surface area contributed by atoms with E-state index in [0.717, 1.165) is 31.7 Å². The zero-order chi connectivity index (χ0) is 22.3. The lowest BCUT2D eigenvalue weighted by Gasteiger charge is -2.23. The van der Waals surface area contributed by atoms with Crippen molar-refractivity contribution in [2.24, 2.45) is 5.92 Å². The van der Waals surface area contributed by atoms with Gasteiger partial charge in [0.2, 0.25) is 0 Å². The van der Waals surface area contributed by atoms with E-state index in [1.54, 1.807) is 18.7 Å². The van der Waals surface area contributed by atoms with Crippen LogP contribution in [0, 0.1) is 16.0 Å². The van der Waals surface area contributed by atoms with E-state index < -0.39 is 29.4 Å². The number of rotatable bonds is 7. The Morgan fingerprint density at radius 1 is 1.20 bits per heavy atom. The van der Waals surface area contributed by atoms with Gasteiger partial charge in [0.05, 0.1) is 15.5 Å². The van der Waals surface area contributed by atoms with Gasteiger partial charge in [0, 0.05) is 25.2 Å². The second-order valence-electron chi connectivity index (χ2n) is 7.52. The van der Waals surface area contributed by atoms with Crippen molar-refractivity contribution in [3.8, 4) is 0 Å². The molecule has 1 fully saturated rings. The fraction of sp³-hybridized carbons (Fsp3) is 0.550. The Labute approximate surface area is 179 Å². The third-order valence-electron chi connectivity index (χ3n) is 4.91. The molecule has 1 heterocycles. The number of nitrogens with one attached hydrogen (secondary N) is 1. The van der Waals surface area contributed by atoms with Crippen LogP contribution in [-0.4, -0.2) is 53.3 Å². The molecule has 1 aliphatic rings. The zero-order valence-corrected chi connectivity index (χ0v) is 17.8. The molecule has 1 unspecified atom stereocenters. The Hall–Kier alpha value is -2.68. The first-order chi connectivity index (χ1) is 14.2. The Morgan fingerprint density at radius 2 is 1.83 bits per heavy atom. The van der Waals surface area contributed by atoms with Gasteiger partial charge in [0.1, 0.15) is 6.04 Å². The lowest BCUT2D eigenvalue weighted by molar-refractivity contribution is -0.384. The third-order valence-corrected chi connectivity index (χ3v) is 5.24. The highest BCUT2D eigenvalue weighted by Crippen LogP contribution is 2.22. The Kier molecular flexibility index (Phi) is 8.58. The number of benzene rings is 1. The number of hydrogen-bond donors (Lipinski definition) is 1. The van der Waals surface area contributed by atoms with Crippen LogP contribution in [-0.2, 0) is 14.3 Å². The van der Waals surface area contributed by atoms with Gasteiger partial charge >= 0.3 is 5.97 Å². The molecule has 0 aromatic heterocycles. The number of nitro groups is 1. The summed E-state index contributed by atoms with van der Waals surface area (Å²) in [5.74, 6) is -2.09. The summed E-state index contributed by atoms with van der Waals surface area (Å²) >= 11 is 5.99. The third kappa shape index (κ3) is 6.41. The quantitative estimate of drug-likeness (QED) is 0.396. The van der Waals surface area contributed by atoms with Crippen molar-refractivity contribution in [2.45, 2.75) is 45.6 Å². The monoisotopic (exact) mass is 439 g/mol. The average molecular weight is 440 g/mol. The molecule has 2 amide bonds. The van der Waals surface area contributed by atoms with E-state index in [9.17, 15) is 24.5 Å². The smallest absolute Gasteiger partial charge is 0.329 e. The summed E-state index contributed by atoms with van der Waals surface area (Å²) in [6, 6.07) is 2.44. The van der Waals surface area contributed by atoms with Gasteiger partial charge in [-0.3, -0.25) is 19.7 Å². The van der Waals surface area contributed by atoms with E-state index in [4.69, 9.17) is 16.3 Å². The second kappa shape index (κ2) is 10.9. The molecule has 9 nitrogen and oxygen atoms in total. The fourth-order valence-corrected chi connectivity index (χ4v) is 3.35. The van der Waals surface area contributed by atoms with Crippen LogP contribution in [0.5, 0.6) is 0 Å². The van der Waals surface area contributed by atoms with Gasteiger partial charge in [-0.15, -0.1) is 0 Å². The number of hydrogen-bond acceptors (Lipinski definition) is 6. The topological polar surface area (TPSA) is 119 Å². The number of carbonyl (C=O) groups excluding carboxylic acids is 3. The lowest BCUT2D eigenvalue weighted by Crippen LogP contribution is -2.46. The summed E-state index contributed by atoms with van der Waals surface area (Å²) in [4.78, 5) is 49.4. The first-order valence-corrected chi connectivity index (χ1v) is 10.3. The Balaban J connectivity index is 2.02. The van der Waals surface area contributed by atoms with Gasteiger partial charge in [0.25, 0.3) is 17.5 Å². The Bertz CT molecular complexity index is 806. The molecular formula is C20H26ClN3O6. The minimum Gasteiger partial charge on any atom is -0.454 e. The van der Waals surface area contributed by atoms with Crippen LogP contribution in [0.4, 0.5) is 5.69 Å². The number of ether oxygens (including phenoxy) is 1. The highest BCUT2D eigenvalue weighted by molar-refractivity contribution is 6.34. The number of nitrogens with zero attached hydrogens (tertiary/aromatic N) is 2. The first kappa shape index (κ1) is 23.6. The van der Waals surface area contributed by atoms with E-state index in [2.05, 4.69) is 5.32 Å². The normalized spacial score (nSPS) is 15.3. The summed E-state index contributed by atoms with van der Waals surface area (Å²) < 4.78 is 5.16. The van der Waals surface area contributed by atoms with Crippen LogP contribution in [0.1, 0.15) is 49.9 Å². The fourth-order valence-electron chi connectivity index (χ4n) is 3.15. The molecule has 1 atom stereocenters. The van der Waals surface area contributed by atoms with E-state index in [0.29, 0.717) is 13.1 Å². The maximum absolute atomic E-state index is 12.6. The predicted octanol–water partition coefficient (Wildman–Crippen LogP) is 2.95. The number of halogens is 1. The van der Waals surface area contributed by atoms with Crippen LogP contribution >= 0.6 is 11.6 Å². The van der Waals surface area contributed by atoms with Crippen molar-refractivity contribution in [2.75, 3.05) is 19.7 Å². The van der Waals surface area contributed by atoms with Crippen LogP contribution in [0.3, 0.4) is 0 Å². The molecule has 2 rings (SSSR count). The molecule has 0 spiro atoms. The van der Waals surface area contributed by atoms with Gasteiger partial charge < -0.3 is 15.0 Å². The van der Waals surface area contributed by atoms with Crippen molar-refractivity contribution in [1.29, 1.82) is 0 Å². The van der Waals surface area contributed by atoms with Gasteiger partial charge in [-0.25, -0.2) is 4.79 Å². The van der Waals surface area contributed by atoms with Crippen LogP contribution in [0.25, 0.3) is 0 Å². The molecule has 1 aromatic carbocycles. The van der Waals surface area contributed by atoms with Crippen LogP contribution < -0.4 is 5.32 Å². The minimum absolute atomic E-state index is 0.0188. The average Bonchev–Trinajstić information content (AvgIpc) is 2.99. The van der Waals surface area contributed by atoms with Crippen molar-refractivity contribution in [3.63, 3.8) is 0 Å². The molecule has 164 valence electrons. The van der Waals surface area contributed by atoms with Crippen molar-refractivity contribution in [1.82, 2.24) is 10.2 Å². The molecule has 1 saturated heterocycles. The molecular weight excluding hydrogens is 414 g/mol. The number of likely N-dealkylation sites (tertiary alicyclic amines) is 1. The molecule has 30 heavy (non-hydrogen) atoms. The minimum atomic E-state index is -1.04. The molecule has 0 bridgehead atoms. The zero-order valence-electron chi connectivity index (χ0n) is 17.1. The summed E-state index contributed by atoms with van der Waals surface area (Å²) in [6.45, 7) is 4.31. The van der Waals surface area contributed by atoms with Crippen molar-refractivity contribution < 1.29 is 24.0 Å². The number of carbonyl (C=O) groups is 3. The number of amides is 2. The molecule has 10 heteroatoms. The molecule has 0 aliphatic carbocycles. The molecule has 0 saturated carbocycles. The number of esters is 1. The summed E-state index contributed by atoms with van der Waals surface area (Å²) in [6.07, 6.45) is 4.00. The maximum Gasteiger partial charge on any atom is 0.329 e. The largest absolute Gasteiger partial charge is 0.454 e. The van der Waals surface area contributed by atoms with E-state index in [-0.39, 0.29) is 28.1 Å². The summed E-state index contributed by atoms with van der Waals surface area (Å²) in [7, 11) is 0. The Morgan fingerprint density at radius 3 is 2.40 bits per heavy atom. The SMILES string of the molecule is CC(C)C(NC(=O)c1cc([N+](=O)[O-])ccc1Cl)C(=O)OCC(=O)N1CCCCCC1. The standard InChI is InChI=1S/C20H26ClN3O6/c1-13(2)18(20(27)30-12-17(25)23-9-5-3-4-6-10-23)22-19(26)15-11-14(24(28)29)7-8-16(15)21/h7-8,11,13,18H,3-6,9-10,12H2,1-2H3,(H,22,26). The van der Waals surface area contributed by atoms with Crippen molar-refractivity contribution in [3.05, 3.63) is 38.9 Å². The second-order valence-corrected chi connectivity index (χ2v) is 7.93. The van der Waals surface area contributed by atoms with E-state index in [1.165, 1.54) is 12.1 Å². The van der Waals surface area contributed by atoms with Crippen LogP contribution in [0.2, 0.25) is 5.02 Å². The molecule has 1 aromatic rings. The molecule has 1 aliphatic heterocycles. The number of non-ortho nitro benzene ring substituents is 1. The van der Waals surface area contributed by atoms with Gasteiger partial charge in [0.15, 0.2) is 6.61 Å². The van der Waals surface area contributed by atoms with Crippen LogP contribution in [0.15, 0.2) is 18.2 Å². The van der Waals surface area contributed by atoms with Crippen molar-refractivity contribution >= 4 is 35.1 Å². The maximum atomic E-state index is 12.6. The summed E-state index contributed by atoms with van der Waals surface area (Å²) in [5, 5.41) is 13.5. The first-order valence-electron chi connectivity index (χ1n) is 9.90. The molecule has 1 N–H and O–H groups in total. The van der Waals surface area contributed by atoms with E-state index >= 15 is 0 Å². The van der Waals surface area contributed by atoms with Gasteiger partial charge in [-0.2, -0.15) is 0 Å². The predicted molar refractivity (Wildman–Crippen MR) is 110 cm³/mol. The lowest BCUT2D eigenvalue weighted by atomic mass is 10.0. The van der Waals surface area contributed by atoms with Gasteiger partial charge in [-0.1, -0.05) is 38.3 Å². The van der Waals surface area contributed by atoms with E-state index in [1.807, 2.05) is 0 Å².